The lowest BCUT2D eigenvalue weighted by Crippen LogP contribution is -2.30. The highest BCUT2D eigenvalue weighted by Crippen LogP contribution is 2.45. The number of aliphatic hydroxyl groups is 1. The van der Waals surface area contributed by atoms with Crippen molar-refractivity contribution >= 4 is 39.5 Å². The molecule has 0 aromatic carbocycles. The molecule has 0 saturated heterocycles. The number of phosphoric ester groups is 2. The zero-order valence-corrected chi connectivity index (χ0v) is 62.0. The van der Waals surface area contributed by atoms with Crippen LogP contribution in [0.3, 0.4) is 0 Å². The predicted molar refractivity (Wildman–Crippen MR) is 372 cm³/mol. The van der Waals surface area contributed by atoms with Gasteiger partial charge in [-0.1, -0.05) is 312 Å². The van der Waals surface area contributed by atoms with E-state index in [0.717, 1.165) is 120 Å². The van der Waals surface area contributed by atoms with Crippen molar-refractivity contribution in [2.75, 3.05) is 39.6 Å². The molecular formula is C73H142O17P2. The molecule has 0 radical (unpaired) electrons. The maximum absolute atomic E-state index is 13.0. The van der Waals surface area contributed by atoms with Crippen molar-refractivity contribution in [3.05, 3.63) is 0 Å². The molecule has 0 aromatic heterocycles. The number of hydrogen-bond acceptors (Lipinski definition) is 15. The largest absolute Gasteiger partial charge is 0.472 e. The number of rotatable bonds is 70. The zero-order valence-electron chi connectivity index (χ0n) is 60.2. The molecule has 17 nitrogen and oxygen atoms in total. The van der Waals surface area contributed by atoms with Gasteiger partial charge in [-0.3, -0.25) is 37.3 Å². The van der Waals surface area contributed by atoms with Crippen LogP contribution in [0.4, 0.5) is 0 Å². The van der Waals surface area contributed by atoms with E-state index < -0.39 is 97.5 Å². The van der Waals surface area contributed by atoms with Crippen LogP contribution in [0.2, 0.25) is 0 Å². The molecule has 92 heavy (non-hydrogen) atoms. The Morgan fingerprint density at radius 2 is 0.522 bits per heavy atom. The third-order valence-corrected chi connectivity index (χ3v) is 19.8. The molecule has 0 fully saturated rings. The Kier molecular flexibility index (Phi) is 61.3. The fourth-order valence-electron chi connectivity index (χ4n) is 10.9. The normalized spacial score (nSPS) is 15.1. The number of esters is 4. The van der Waals surface area contributed by atoms with E-state index in [-0.39, 0.29) is 25.7 Å². The van der Waals surface area contributed by atoms with Crippen LogP contribution in [0.5, 0.6) is 0 Å². The monoisotopic (exact) mass is 1350 g/mol. The van der Waals surface area contributed by atoms with Crippen LogP contribution in [-0.2, 0) is 65.4 Å². The van der Waals surface area contributed by atoms with Gasteiger partial charge in [0.2, 0.25) is 0 Å². The van der Waals surface area contributed by atoms with Crippen LogP contribution in [0.25, 0.3) is 0 Å². The maximum atomic E-state index is 13.0. The van der Waals surface area contributed by atoms with E-state index in [9.17, 15) is 43.2 Å². The Bertz CT molecular complexity index is 1820. The van der Waals surface area contributed by atoms with Crippen LogP contribution in [0, 0.1) is 23.7 Å². The van der Waals surface area contributed by atoms with Gasteiger partial charge in [-0.25, -0.2) is 9.13 Å². The number of carbonyl (C=O) groups is 4. The molecule has 0 aliphatic carbocycles. The van der Waals surface area contributed by atoms with Gasteiger partial charge in [0.1, 0.15) is 19.3 Å². The van der Waals surface area contributed by atoms with E-state index in [0.29, 0.717) is 31.6 Å². The predicted octanol–water partition coefficient (Wildman–Crippen LogP) is 20.9. The second-order valence-electron chi connectivity index (χ2n) is 27.5. The molecular weight excluding hydrogens is 1210 g/mol. The second-order valence-corrected chi connectivity index (χ2v) is 30.4. The summed E-state index contributed by atoms with van der Waals surface area (Å²) in [6, 6.07) is 0. The van der Waals surface area contributed by atoms with E-state index in [4.69, 9.17) is 37.0 Å². The third-order valence-electron chi connectivity index (χ3n) is 17.9. The Morgan fingerprint density at radius 3 is 0.772 bits per heavy atom. The summed E-state index contributed by atoms with van der Waals surface area (Å²) in [5.41, 5.74) is 0. The minimum absolute atomic E-state index is 0.105. The molecule has 546 valence electrons. The lowest BCUT2D eigenvalue weighted by Gasteiger charge is -2.21. The van der Waals surface area contributed by atoms with Gasteiger partial charge in [-0.2, -0.15) is 0 Å². The molecule has 0 aliphatic heterocycles. The molecule has 0 aromatic rings. The highest BCUT2D eigenvalue weighted by Gasteiger charge is 2.30. The van der Waals surface area contributed by atoms with Gasteiger partial charge in [0.25, 0.3) is 0 Å². The van der Waals surface area contributed by atoms with Crippen LogP contribution in [0.15, 0.2) is 0 Å². The average Bonchev–Trinajstić information content (AvgIpc) is 3.74. The first-order valence-corrected chi connectivity index (χ1v) is 40.8. The lowest BCUT2D eigenvalue weighted by molar-refractivity contribution is -0.161. The fraction of sp³-hybridized carbons (Fsp3) is 0.945. The van der Waals surface area contributed by atoms with E-state index in [1.54, 1.807) is 0 Å². The molecule has 0 amide bonds. The molecule has 0 spiro atoms. The Balaban J connectivity index is 5.23. The highest BCUT2D eigenvalue weighted by atomic mass is 31.2. The van der Waals surface area contributed by atoms with Crippen molar-refractivity contribution < 1.29 is 80.2 Å². The summed E-state index contributed by atoms with van der Waals surface area (Å²) in [7, 11) is -9.91. The molecule has 8 atom stereocenters. The van der Waals surface area contributed by atoms with Gasteiger partial charge in [0, 0.05) is 25.7 Å². The molecule has 0 aliphatic rings. The molecule has 19 heteroatoms. The van der Waals surface area contributed by atoms with E-state index in [2.05, 4.69) is 55.4 Å². The molecule has 5 unspecified atom stereocenters. The van der Waals surface area contributed by atoms with Crippen molar-refractivity contribution in [2.45, 2.75) is 382 Å². The van der Waals surface area contributed by atoms with Crippen LogP contribution < -0.4 is 0 Å². The van der Waals surface area contributed by atoms with Crippen molar-refractivity contribution in [2.24, 2.45) is 23.7 Å². The first-order valence-electron chi connectivity index (χ1n) is 37.8. The molecule has 3 N–H and O–H groups in total. The van der Waals surface area contributed by atoms with Gasteiger partial charge >= 0.3 is 39.5 Å². The maximum Gasteiger partial charge on any atom is 0.472 e. The summed E-state index contributed by atoms with van der Waals surface area (Å²) in [6.45, 7) is 14.2. The molecule has 0 rings (SSSR count). The number of phosphoric acid groups is 2. The fourth-order valence-corrected chi connectivity index (χ4v) is 12.5. The van der Waals surface area contributed by atoms with Crippen molar-refractivity contribution in [1.82, 2.24) is 0 Å². The first-order chi connectivity index (χ1) is 44.2. The van der Waals surface area contributed by atoms with Crippen LogP contribution >= 0.6 is 15.6 Å². The van der Waals surface area contributed by atoms with E-state index in [1.165, 1.54) is 154 Å². The van der Waals surface area contributed by atoms with Gasteiger partial charge in [-0.05, 0) is 49.4 Å². The SMILES string of the molecule is CCC(C)CCCCCCCCCCCCCCCCC(=O)O[C@H](COC(=O)CCCCCCCCC(C)CC)COP(=O)(O)OC[C@H](O)COP(=O)(O)OC[C@@H](COC(=O)CCCCCCCCCC(C)C)OC(=O)CCCCCCCCCCCCC(C)CC. The average molecular weight is 1350 g/mol. The second kappa shape index (κ2) is 62.6. The number of ether oxygens (including phenoxy) is 4. The van der Waals surface area contributed by atoms with Gasteiger partial charge in [-0.15, -0.1) is 0 Å². The standard InChI is InChI=1S/C73H142O17P2/c1-9-64(6)50-42-34-26-20-16-14-12-13-15-17-22-28-39-47-55-72(77)90-69(60-84-71(76)54-46-38-32-31-36-44-52-66(8)11-3)62-88-92(81,82)86-58-67(74)57-85-91(79,80)87-61-68(59-83-70(75)53-45-37-30-24-25-33-41-49-63(4)5)89-73(78)56-48-40-29-23-19-18-21-27-35-43-51-65(7)10-2/h63-69,74H,9-62H2,1-8H3,(H,79,80)(H,81,82)/t64?,65?,66?,67-,68-,69-/m1/s1. The summed E-state index contributed by atoms with van der Waals surface area (Å²) in [6.07, 6.45) is 45.8. The Hall–Kier alpha value is -1.94. The van der Waals surface area contributed by atoms with E-state index >= 15 is 0 Å². The number of hydrogen-bond donors (Lipinski definition) is 3. The first kappa shape index (κ1) is 90.1. The van der Waals surface area contributed by atoms with Crippen molar-refractivity contribution in [3.8, 4) is 0 Å². The van der Waals surface area contributed by atoms with Crippen molar-refractivity contribution in [3.63, 3.8) is 0 Å². The number of unbranched alkanes of at least 4 members (excludes halogenated alkanes) is 33. The summed E-state index contributed by atoms with van der Waals surface area (Å²) < 4.78 is 68.4. The summed E-state index contributed by atoms with van der Waals surface area (Å²) in [4.78, 5) is 72.6. The molecule has 0 saturated carbocycles. The third kappa shape index (κ3) is 62.8. The van der Waals surface area contributed by atoms with Gasteiger partial charge < -0.3 is 33.8 Å². The summed E-state index contributed by atoms with van der Waals surface area (Å²) in [5.74, 6) is 0.958. The minimum Gasteiger partial charge on any atom is -0.462 e. The van der Waals surface area contributed by atoms with Crippen LogP contribution in [0.1, 0.15) is 364 Å². The molecule has 0 heterocycles. The Morgan fingerprint density at radius 1 is 0.304 bits per heavy atom. The Labute approximate surface area is 562 Å². The van der Waals surface area contributed by atoms with Crippen molar-refractivity contribution in [1.29, 1.82) is 0 Å². The molecule has 0 bridgehead atoms. The minimum atomic E-state index is -4.95. The van der Waals surface area contributed by atoms with Gasteiger partial charge in [0.05, 0.1) is 26.4 Å². The summed E-state index contributed by atoms with van der Waals surface area (Å²) >= 11 is 0. The quantitative estimate of drug-likeness (QED) is 0.0222. The number of carbonyl (C=O) groups excluding carboxylic acids is 4. The highest BCUT2D eigenvalue weighted by molar-refractivity contribution is 7.47. The summed E-state index contributed by atoms with van der Waals surface area (Å²) in [5, 5.41) is 10.6. The number of aliphatic hydroxyl groups excluding tert-OH is 1. The van der Waals surface area contributed by atoms with Gasteiger partial charge in [0.15, 0.2) is 12.2 Å². The zero-order chi connectivity index (χ0) is 68.2. The van der Waals surface area contributed by atoms with Crippen LogP contribution in [-0.4, -0.2) is 96.7 Å². The topological polar surface area (TPSA) is 237 Å². The van der Waals surface area contributed by atoms with E-state index in [1.807, 2.05) is 0 Å². The smallest absolute Gasteiger partial charge is 0.462 e. The lowest BCUT2D eigenvalue weighted by atomic mass is 9.99.